The van der Waals surface area contributed by atoms with Crippen molar-refractivity contribution in [2.24, 2.45) is 0 Å². The molecule has 1 saturated heterocycles. The molecule has 0 aromatic heterocycles. The zero-order valence-electron chi connectivity index (χ0n) is 14.5. The Morgan fingerprint density at radius 1 is 1.12 bits per heavy atom. The first-order chi connectivity index (χ1) is 12.3. The van der Waals surface area contributed by atoms with Crippen molar-refractivity contribution in [3.05, 3.63) is 59.9 Å². The second-order valence-corrected chi connectivity index (χ2v) is 6.06. The van der Waals surface area contributed by atoms with Crippen LogP contribution in [0.1, 0.15) is 18.1 Å². The lowest BCUT2D eigenvalue weighted by Crippen LogP contribution is -2.37. The summed E-state index contributed by atoms with van der Waals surface area (Å²) in [6.07, 6.45) is 0.524. The Morgan fingerprint density at radius 2 is 1.92 bits per heavy atom. The van der Waals surface area contributed by atoms with E-state index in [-0.39, 0.29) is 17.7 Å². The number of nitrogens with zero attached hydrogens (tertiary/aromatic N) is 1. The van der Waals surface area contributed by atoms with Gasteiger partial charge in [-0.3, -0.25) is 4.90 Å². The van der Waals surface area contributed by atoms with Crippen LogP contribution in [0.4, 0.5) is 4.39 Å². The van der Waals surface area contributed by atoms with Gasteiger partial charge >= 0.3 is 0 Å². The Bertz CT molecular complexity index is 673. The first kappa shape index (κ1) is 17.7. The summed E-state index contributed by atoms with van der Waals surface area (Å²) in [6, 6.07) is 14.3. The Hall–Kier alpha value is -2.11. The molecule has 25 heavy (non-hydrogen) atoms. The summed E-state index contributed by atoms with van der Waals surface area (Å²) in [5.74, 6) is 0.699. The Labute approximate surface area is 148 Å². The van der Waals surface area contributed by atoms with Crippen LogP contribution in [-0.2, 0) is 4.74 Å². The fourth-order valence-electron chi connectivity index (χ4n) is 2.95. The molecular formula is C20H24FNO3. The number of hydrogen-bond acceptors (Lipinski definition) is 4. The number of morpholine rings is 1. The van der Waals surface area contributed by atoms with Crippen LogP contribution < -0.4 is 9.47 Å². The van der Waals surface area contributed by atoms with Gasteiger partial charge in [0, 0.05) is 26.1 Å². The molecule has 3 rings (SSSR count). The van der Waals surface area contributed by atoms with Gasteiger partial charge in [-0.05, 0) is 29.8 Å². The summed E-state index contributed by atoms with van der Waals surface area (Å²) in [5.41, 5.74) is 0.982. The van der Waals surface area contributed by atoms with Crippen LogP contribution in [0.5, 0.6) is 11.5 Å². The van der Waals surface area contributed by atoms with Crippen LogP contribution in [0.3, 0.4) is 0 Å². The molecule has 1 fully saturated rings. The van der Waals surface area contributed by atoms with E-state index < -0.39 is 0 Å². The Kier molecular flexibility index (Phi) is 6.25. The van der Waals surface area contributed by atoms with Gasteiger partial charge in [-0.25, -0.2) is 4.39 Å². The summed E-state index contributed by atoms with van der Waals surface area (Å²) >= 11 is 0. The fourth-order valence-corrected chi connectivity index (χ4v) is 2.95. The van der Waals surface area contributed by atoms with Crippen molar-refractivity contribution in [3.63, 3.8) is 0 Å². The molecule has 4 nitrogen and oxygen atoms in total. The molecule has 134 valence electrons. The smallest absolute Gasteiger partial charge is 0.165 e. The van der Waals surface area contributed by atoms with E-state index in [2.05, 4.69) is 4.90 Å². The Morgan fingerprint density at radius 3 is 2.68 bits per heavy atom. The van der Waals surface area contributed by atoms with Crippen LogP contribution in [-0.4, -0.2) is 44.9 Å². The summed E-state index contributed by atoms with van der Waals surface area (Å²) in [7, 11) is 1.64. The third kappa shape index (κ3) is 4.94. The number of hydrogen-bond donors (Lipinski definition) is 0. The van der Waals surface area contributed by atoms with Crippen molar-refractivity contribution >= 4 is 0 Å². The third-order valence-corrected chi connectivity index (χ3v) is 4.38. The maximum Gasteiger partial charge on any atom is 0.165 e. The maximum absolute atomic E-state index is 14.0. The molecule has 0 aliphatic carbocycles. The molecule has 0 amide bonds. The number of halogens is 1. The van der Waals surface area contributed by atoms with Crippen molar-refractivity contribution in [2.45, 2.75) is 12.5 Å². The van der Waals surface area contributed by atoms with Gasteiger partial charge in [-0.1, -0.05) is 24.3 Å². The van der Waals surface area contributed by atoms with E-state index in [1.165, 1.54) is 6.07 Å². The predicted octanol–water partition coefficient (Wildman–Crippen LogP) is 3.68. The first-order valence-corrected chi connectivity index (χ1v) is 8.61. The van der Waals surface area contributed by atoms with E-state index >= 15 is 0 Å². The zero-order valence-corrected chi connectivity index (χ0v) is 14.5. The van der Waals surface area contributed by atoms with Crippen LogP contribution >= 0.6 is 0 Å². The minimum Gasteiger partial charge on any atom is -0.497 e. The molecule has 0 radical (unpaired) electrons. The molecule has 2 aromatic rings. The van der Waals surface area contributed by atoms with Gasteiger partial charge in [0.2, 0.25) is 0 Å². The van der Waals surface area contributed by atoms with Crippen molar-refractivity contribution in [3.8, 4) is 11.5 Å². The van der Waals surface area contributed by atoms with Gasteiger partial charge in [0.25, 0.3) is 0 Å². The lowest BCUT2D eigenvalue weighted by atomic mass is 10.1. The lowest BCUT2D eigenvalue weighted by Gasteiger charge is -2.29. The van der Waals surface area contributed by atoms with Crippen molar-refractivity contribution < 1.29 is 18.6 Å². The number of para-hydroxylation sites is 1. The van der Waals surface area contributed by atoms with Gasteiger partial charge in [0.05, 0.1) is 20.3 Å². The summed E-state index contributed by atoms with van der Waals surface area (Å²) < 4.78 is 30.8. The molecule has 1 atom stereocenters. The first-order valence-electron chi connectivity index (χ1n) is 8.61. The SMILES string of the molecule is COc1cccc(C(CCN2CCOCC2)Oc2ccccc2F)c1. The maximum atomic E-state index is 14.0. The molecular weight excluding hydrogens is 321 g/mol. The molecule has 0 bridgehead atoms. The topological polar surface area (TPSA) is 30.9 Å². The fraction of sp³-hybridized carbons (Fsp3) is 0.400. The van der Waals surface area contributed by atoms with Crippen LogP contribution in [0.25, 0.3) is 0 Å². The van der Waals surface area contributed by atoms with Gasteiger partial charge in [0.15, 0.2) is 11.6 Å². The molecule has 1 aliphatic heterocycles. The zero-order chi connectivity index (χ0) is 17.5. The van der Waals surface area contributed by atoms with Gasteiger partial charge < -0.3 is 14.2 Å². The molecule has 1 unspecified atom stereocenters. The van der Waals surface area contributed by atoms with Crippen LogP contribution in [0.15, 0.2) is 48.5 Å². The number of ether oxygens (including phenoxy) is 3. The van der Waals surface area contributed by atoms with E-state index in [1.54, 1.807) is 25.3 Å². The lowest BCUT2D eigenvalue weighted by molar-refractivity contribution is 0.0315. The largest absolute Gasteiger partial charge is 0.497 e. The standard InChI is InChI=1S/C20H24FNO3/c1-23-17-6-4-5-16(15-17)19(9-10-22-11-13-24-14-12-22)25-20-8-3-2-7-18(20)21/h2-8,15,19H,9-14H2,1H3. The molecule has 1 heterocycles. The van der Waals surface area contributed by atoms with E-state index in [4.69, 9.17) is 14.2 Å². The van der Waals surface area contributed by atoms with E-state index in [1.807, 2.05) is 24.3 Å². The predicted molar refractivity (Wildman–Crippen MR) is 94.6 cm³/mol. The molecule has 0 saturated carbocycles. The van der Waals surface area contributed by atoms with Gasteiger partial charge in [-0.15, -0.1) is 0 Å². The Balaban J connectivity index is 1.75. The normalized spacial score (nSPS) is 16.4. The van der Waals surface area contributed by atoms with Gasteiger partial charge in [0.1, 0.15) is 11.9 Å². The number of benzene rings is 2. The highest BCUT2D eigenvalue weighted by molar-refractivity contribution is 5.31. The minimum atomic E-state index is -0.346. The molecule has 5 heteroatoms. The van der Waals surface area contributed by atoms with E-state index in [0.29, 0.717) is 0 Å². The third-order valence-electron chi connectivity index (χ3n) is 4.38. The summed E-state index contributed by atoms with van der Waals surface area (Å²) in [4.78, 5) is 2.35. The highest BCUT2D eigenvalue weighted by Gasteiger charge is 2.19. The molecule has 0 N–H and O–H groups in total. The molecule has 2 aromatic carbocycles. The monoisotopic (exact) mass is 345 g/mol. The number of rotatable bonds is 7. The summed E-state index contributed by atoms with van der Waals surface area (Å²) in [6.45, 7) is 4.24. The van der Waals surface area contributed by atoms with Crippen LogP contribution in [0.2, 0.25) is 0 Å². The van der Waals surface area contributed by atoms with Gasteiger partial charge in [-0.2, -0.15) is 0 Å². The second kappa shape index (κ2) is 8.83. The quantitative estimate of drug-likeness (QED) is 0.766. The highest BCUT2D eigenvalue weighted by atomic mass is 19.1. The average Bonchev–Trinajstić information content (AvgIpc) is 2.67. The van der Waals surface area contributed by atoms with Crippen LogP contribution in [0, 0.1) is 5.82 Å². The average molecular weight is 345 g/mol. The molecule has 0 spiro atoms. The second-order valence-electron chi connectivity index (χ2n) is 6.06. The minimum absolute atomic E-state index is 0.241. The van der Waals surface area contributed by atoms with Crippen molar-refractivity contribution in [1.29, 1.82) is 0 Å². The number of methoxy groups -OCH3 is 1. The molecule has 1 aliphatic rings. The summed E-state index contributed by atoms with van der Waals surface area (Å²) in [5, 5.41) is 0. The van der Waals surface area contributed by atoms with Crippen molar-refractivity contribution in [1.82, 2.24) is 4.90 Å². The van der Waals surface area contributed by atoms with E-state index in [0.717, 1.165) is 50.6 Å². The van der Waals surface area contributed by atoms with E-state index in [9.17, 15) is 4.39 Å². The van der Waals surface area contributed by atoms with Crippen molar-refractivity contribution in [2.75, 3.05) is 40.0 Å². The highest BCUT2D eigenvalue weighted by Crippen LogP contribution is 2.29.